The average molecular weight is 241 g/mol. The van der Waals surface area contributed by atoms with Gasteiger partial charge in [-0.1, -0.05) is 13.8 Å². The quantitative estimate of drug-likeness (QED) is 0.718. The van der Waals surface area contributed by atoms with Crippen molar-refractivity contribution in [2.75, 3.05) is 33.7 Å². The van der Waals surface area contributed by atoms with E-state index >= 15 is 0 Å². The first-order chi connectivity index (χ1) is 7.94. The molecule has 0 aromatic carbocycles. The van der Waals surface area contributed by atoms with Gasteiger partial charge in [0.1, 0.15) is 0 Å². The van der Waals surface area contributed by atoms with E-state index in [4.69, 9.17) is 0 Å². The highest BCUT2D eigenvalue weighted by atomic mass is 16.2. The molecule has 0 saturated carbocycles. The number of likely N-dealkylation sites (N-methyl/N-ethyl adjacent to an activating group) is 2. The van der Waals surface area contributed by atoms with Crippen LogP contribution < -0.4 is 10.6 Å². The Morgan fingerprint density at radius 2 is 2.12 bits per heavy atom. The van der Waals surface area contributed by atoms with Gasteiger partial charge in [0, 0.05) is 20.6 Å². The number of nitrogens with one attached hydrogen (secondary N) is 2. The first-order valence-corrected chi connectivity index (χ1v) is 6.11. The van der Waals surface area contributed by atoms with Crippen LogP contribution in [0.4, 0.5) is 0 Å². The second-order valence-corrected chi connectivity index (χ2v) is 5.07. The van der Waals surface area contributed by atoms with Crippen molar-refractivity contribution in [2.24, 2.45) is 11.3 Å². The van der Waals surface area contributed by atoms with Crippen molar-refractivity contribution in [3.63, 3.8) is 0 Å². The Labute approximate surface area is 103 Å². The largest absolute Gasteiger partial charge is 0.358 e. The van der Waals surface area contributed by atoms with E-state index in [0.717, 1.165) is 13.0 Å². The van der Waals surface area contributed by atoms with E-state index in [1.165, 1.54) is 4.90 Å². The third-order valence-electron chi connectivity index (χ3n) is 3.73. The Hall–Kier alpha value is -1.10. The van der Waals surface area contributed by atoms with Crippen molar-refractivity contribution in [1.82, 2.24) is 15.5 Å². The Kier molecular flexibility index (Phi) is 4.51. The second-order valence-electron chi connectivity index (χ2n) is 5.07. The predicted molar refractivity (Wildman–Crippen MR) is 66.5 cm³/mol. The molecule has 17 heavy (non-hydrogen) atoms. The summed E-state index contributed by atoms with van der Waals surface area (Å²) in [6.45, 7) is 5.85. The van der Waals surface area contributed by atoms with E-state index in [1.807, 2.05) is 0 Å². The molecule has 1 fully saturated rings. The van der Waals surface area contributed by atoms with Gasteiger partial charge >= 0.3 is 0 Å². The van der Waals surface area contributed by atoms with Crippen molar-refractivity contribution in [2.45, 2.75) is 20.3 Å². The molecule has 1 atom stereocenters. The van der Waals surface area contributed by atoms with E-state index in [9.17, 15) is 9.59 Å². The van der Waals surface area contributed by atoms with Gasteiger partial charge in [-0.2, -0.15) is 0 Å². The summed E-state index contributed by atoms with van der Waals surface area (Å²) in [5, 5.41) is 5.78. The lowest BCUT2D eigenvalue weighted by Crippen LogP contribution is -2.49. The molecule has 0 aromatic heterocycles. The molecule has 1 heterocycles. The van der Waals surface area contributed by atoms with Crippen molar-refractivity contribution >= 4 is 11.8 Å². The highest BCUT2D eigenvalue weighted by Crippen LogP contribution is 2.35. The molecule has 0 aromatic rings. The molecule has 0 radical (unpaired) electrons. The van der Waals surface area contributed by atoms with Crippen LogP contribution in [0.1, 0.15) is 20.3 Å². The third-order valence-corrected chi connectivity index (χ3v) is 3.73. The number of amides is 2. The number of carbonyl (C=O) groups excluding carboxylic acids is 2. The molecule has 1 aliphatic rings. The lowest BCUT2D eigenvalue weighted by Gasteiger charge is -2.34. The molecule has 1 rings (SSSR count). The number of nitrogens with zero attached hydrogens (tertiary/aromatic N) is 1. The van der Waals surface area contributed by atoms with E-state index in [1.54, 1.807) is 14.1 Å². The van der Waals surface area contributed by atoms with E-state index in [-0.39, 0.29) is 29.7 Å². The first kappa shape index (κ1) is 14.0. The molecule has 0 bridgehead atoms. The summed E-state index contributed by atoms with van der Waals surface area (Å²) in [5.74, 6) is 0.212. The van der Waals surface area contributed by atoms with Gasteiger partial charge in [0.15, 0.2) is 0 Å². The zero-order chi connectivity index (χ0) is 13.1. The van der Waals surface area contributed by atoms with Crippen molar-refractivity contribution in [3.8, 4) is 0 Å². The molecule has 1 saturated heterocycles. The van der Waals surface area contributed by atoms with Gasteiger partial charge in [0.25, 0.3) is 0 Å². The zero-order valence-electron chi connectivity index (χ0n) is 11.2. The van der Waals surface area contributed by atoms with Gasteiger partial charge in [0.05, 0.1) is 12.0 Å². The summed E-state index contributed by atoms with van der Waals surface area (Å²) in [6.07, 6.45) is 0.849. The van der Waals surface area contributed by atoms with Crippen LogP contribution in [0.5, 0.6) is 0 Å². The summed E-state index contributed by atoms with van der Waals surface area (Å²) in [6, 6.07) is 0. The van der Waals surface area contributed by atoms with Gasteiger partial charge < -0.3 is 15.5 Å². The van der Waals surface area contributed by atoms with Gasteiger partial charge in [-0.25, -0.2) is 0 Å². The van der Waals surface area contributed by atoms with Gasteiger partial charge in [0.2, 0.25) is 11.8 Å². The molecular weight excluding hydrogens is 218 g/mol. The SMILES string of the molecule is CNC(=O)CN(C)C(=O)C1(C(C)C)CCNC1. The Balaban J connectivity index is 2.75. The Bertz CT molecular complexity index is 296. The average Bonchev–Trinajstić information content (AvgIpc) is 2.77. The first-order valence-electron chi connectivity index (χ1n) is 6.11. The molecular formula is C12H23N3O2. The normalized spacial score (nSPS) is 23.8. The van der Waals surface area contributed by atoms with Crippen LogP contribution in [-0.4, -0.2) is 50.4 Å². The second kappa shape index (κ2) is 5.49. The highest BCUT2D eigenvalue weighted by Gasteiger charge is 2.45. The minimum absolute atomic E-state index is 0.0705. The van der Waals surface area contributed by atoms with Crippen LogP contribution >= 0.6 is 0 Å². The van der Waals surface area contributed by atoms with Crippen LogP contribution in [0.3, 0.4) is 0 Å². The highest BCUT2D eigenvalue weighted by molar-refractivity contribution is 5.88. The van der Waals surface area contributed by atoms with Crippen LogP contribution in [0, 0.1) is 11.3 Å². The minimum atomic E-state index is -0.344. The zero-order valence-corrected chi connectivity index (χ0v) is 11.2. The van der Waals surface area contributed by atoms with Crippen molar-refractivity contribution < 1.29 is 9.59 Å². The topological polar surface area (TPSA) is 61.4 Å². The molecule has 2 amide bonds. The third kappa shape index (κ3) is 2.77. The molecule has 1 aliphatic heterocycles. The predicted octanol–water partition coefficient (Wildman–Crippen LogP) is -0.173. The molecule has 2 N–H and O–H groups in total. The van der Waals surface area contributed by atoms with E-state index < -0.39 is 0 Å². The maximum Gasteiger partial charge on any atom is 0.239 e. The summed E-state index contributed by atoms with van der Waals surface area (Å²) < 4.78 is 0. The van der Waals surface area contributed by atoms with Crippen LogP contribution in [0.2, 0.25) is 0 Å². The number of carbonyl (C=O) groups is 2. The fourth-order valence-electron chi connectivity index (χ4n) is 2.38. The lowest BCUT2D eigenvalue weighted by atomic mass is 9.75. The smallest absolute Gasteiger partial charge is 0.239 e. The monoisotopic (exact) mass is 241 g/mol. The molecule has 5 heteroatoms. The van der Waals surface area contributed by atoms with E-state index in [2.05, 4.69) is 24.5 Å². The maximum absolute atomic E-state index is 12.5. The summed E-state index contributed by atoms with van der Waals surface area (Å²) >= 11 is 0. The van der Waals surface area contributed by atoms with Gasteiger partial charge in [-0.05, 0) is 18.9 Å². The van der Waals surface area contributed by atoms with Crippen LogP contribution in [-0.2, 0) is 9.59 Å². The van der Waals surface area contributed by atoms with E-state index in [0.29, 0.717) is 6.54 Å². The van der Waals surface area contributed by atoms with Crippen LogP contribution in [0.25, 0.3) is 0 Å². The van der Waals surface area contributed by atoms with Crippen molar-refractivity contribution in [3.05, 3.63) is 0 Å². The summed E-state index contributed by atoms with van der Waals surface area (Å²) in [7, 11) is 3.27. The van der Waals surface area contributed by atoms with Crippen LogP contribution in [0.15, 0.2) is 0 Å². The molecule has 98 valence electrons. The standard InChI is InChI=1S/C12H23N3O2/c1-9(2)12(5-6-14-8-12)11(17)15(4)7-10(16)13-3/h9,14H,5-8H2,1-4H3,(H,13,16). The number of hydrogen-bond donors (Lipinski definition) is 2. The van der Waals surface area contributed by atoms with Gasteiger partial charge in [-0.3, -0.25) is 9.59 Å². The van der Waals surface area contributed by atoms with Crippen molar-refractivity contribution in [1.29, 1.82) is 0 Å². The minimum Gasteiger partial charge on any atom is -0.358 e. The Morgan fingerprint density at radius 3 is 2.53 bits per heavy atom. The molecule has 1 unspecified atom stereocenters. The van der Waals surface area contributed by atoms with Gasteiger partial charge in [-0.15, -0.1) is 0 Å². The maximum atomic E-state index is 12.5. The summed E-state index contributed by atoms with van der Waals surface area (Å²) in [5.41, 5.74) is -0.344. The Morgan fingerprint density at radius 1 is 1.47 bits per heavy atom. The lowest BCUT2D eigenvalue weighted by molar-refractivity contribution is -0.144. The summed E-state index contributed by atoms with van der Waals surface area (Å²) in [4.78, 5) is 25.3. The molecule has 0 spiro atoms. The number of hydrogen-bond acceptors (Lipinski definition) is 3. The fourth-order valence-corrected chi connectivity index (χ4v) is 2.38. The number of rotatable bonds is 4. The molecule has 0 aliphatic carbocycles. The fraction of sp³-hybridized carbons (Fsp3) is 0.833. The molecule has 5 nitrogen and oxygen atoms in total.